The number of benzene rings is 3. The Hall–Kier alpha value is -3.09. The van der Waals surface area contributed by atoms with Gasteiger partial charge in [-0.05, 0) is 65.1 Å². The molecule has 7 heteroatoms. The molecule has 6 nitrogen and oxygen atoms in total. The number of rotatable bonds is 7. The van der Waals surface area contributed by atoms with Crippen LogP contribution in [0.25, 0.3) is 0 Å². The Labute approximate surface area is 199 Å². The number of hydrogen-bond donors (Lipinski definition) is 1. The topological polar surface area (TPSA) is 60.4 Å². The molecule has 1 unspecified atom stereocenters. The van der Waals surface area contributed by atoms with Crippen molar-refractivity contribution in [2.24, 2.45) is 0 Å². The van der Waals surface area contributed by atoms with Crippen molar-refractivity contribution >= 4 is 11.6 Å². The molecule has 0 aromatic heterocycles. The van der Waals surface area contributed by atoms with Gasteiger partial charge in [-0.3, -0.25) is 4.90 Å². The van der Waals surface area contributed by atoms with E-state index in [1.54, 1.807) is 14.2 Å². The van der Waals surface area contributed by atoms with Gasteiger partial charge in [-0.15, -0.1) is 0 Å². The first-order chi connectivity index (χ1) is 16.0. The second-order valence-electron chi connectivity index (χ2n) is 7.93. The molecule has 4 rings (SSSR count). The van der Waals surface area contributed by atoms with Gasteiger partial charge in [-0.2, -0.15) is 0 Å². The molecule has 1 N–H and O–H groups in total. The lowest BCUT2D eigenvalue weighted by atomic mass is 9.87. The first-order valence-corrected chi connectivity index (χ1v) is 11.0. The van der Waals surface area contributed by atoms with Crippen LogP contribution in [0.2, 0.25) is 5.02 Å². The lowest BCUT2D eigenvalue weighted by molar-refractivity contribution is 0.203. The summed E-state index contributed by atoms with van der Waals surface area (Å²) in [4.78, 5) is 2.38. The molecule has 0 amide bonds. The molecule has 1 aliphatic heterocycles. The number of phenols is 1. The lowest BCUT2D eigenvalue weighted by Gasteiger charge is -2.38. The van der Waals surface area contributed by atoms with Crippen LogP contribution < -0.4 is 18.9 Å². The van der Waals surface area contributed by atoms with E-state index >= 15 is 0 Å². The zero-order valence-corrected chi connectivity index (χ0v) is 20.0. The van der Waals surface area contributed by atoms with E-state index in [9.17, 15) is 5.11 Å². The number of hydrogen-bond acceptors (Lipinski definition) is 6. The van der Waals surface area contributed by atoms with E-state index in [1.165, 1.54) is 19.8 Å². The van der Waals surface area contributed by atoms with Gasteiger partial charge < -0.3 is 24.1 Å². The van der Waals surface area contributed by atoms with E-state index in [4.69, 9.17) is 30.5 Å². The van der Waals surface area contributed by atoms with Crippen LogP contribution >= 0.6 is 11.6 Å². The number of halogens is 1. The predicted molar refractivity (Wildman–Crippen MR) is 128 cm³/mol. The number of ether oxygens (including phenoxy) is 4. The molecular weight excluding hydrogens is 442 g/mol. The van der Waals surface area contributed by atoms with Crippen molar-refractivity contribution < 1.29 is 24.1 Å². The standard InChI is InChI=1S/C26H28ClNO5/c1-30-21-13-17-8-9-28(15-16-10-23(32-3)26(29)24(11-16)33-4)25(20(17)14-22(21)31-2)18-6-5-7-19(27)12-18/h5-7,10-14,25,29H,8-9,15H2,1-4H3. The minimum Gasteiger partial charge on any atom is -0.502 e. The minimum absolute atomic E-state index is 0.00374. The molecule has 0 fully saturated rings. The van der Waals surface area contributed by atoms with E-state index in [1.807, 2.05) is 30.3 Å². The first kappa shape index (κ1) is 23.1. The minimum atomic E-state index is -0.0435. The molecule has 0 aliphatic carbocycles. The smallest absolute Gasteiger partial charge is 0.200 e. The molecule has 1 heterocycles. The van der Waals surface area contributed by atoms with Crippen molar-refractivity contribution in [1.82, 2.24) is 4.90 Å². The summed E-state index contributed by atoms with van der Waals surface area (Å²) < 4.78 is 21.9. The fourth-order valence-corrected chi connectivity index (χ4v) is 4.71. The maximum Gasteiger partial charge on any atom is 0.200 e. The van der Waals surface area contributed by atoms with Crippen molar-refractivity contribution in [1.29, 1.82) is 0 Å². The largest absolute Gasteiger partial charge is 0.502 e. The molecule has 33 heavy (non-hydrogen) atoms. The van der Waals surface area contributed by atoms with Crippen LogP contribution in [0.15, 0.2) is 48.5 Å². The second kappa shape index (κ2) is 9.81. The van der Waals surface area contributed by atoms with Crippen molar-refractivity contribution in [3.05, 3.63) is 75.8 Å². The Morgan fingerprint density at radius 3 is 2.12 bits per heavy atom. The maximum absolute atomic E-state index is 10.3. The number of methoxy groups -OCH3 is 4. The van der Waals surface area contributed by atoms with Crippen LogP contribution in [0.5, 0.6) is 28.7 Å². The van der Waals surface area contributed by atoms with E-state index in [2.05, 4.69) is 23.1 Å². The summed E-state index contributed by atoms with van der Waals surface area (Å²) in [5, 5.41) is 11.0. The monoisotopic (exact) mass is 469 g/mol. The number of fused-ring (bicyclic) bond motifs is 1. The summed E-state index contributed by atoms with van der Waals surface area (Å²) in [6.07, 6.45) is 0.860. The van der Waals surface area contributed by atoms with Gasteiger partial charge in [-0.1, -0.05) is 23.7 Å². The molecule has 174 valence electrons. The fourth-order valence-electron chi connectivity index (χ4n) is 4.51. The highest BCUT2D eigenvalue weighted by atomic mass is 35.5. The van der Waals surface area contributed by atoms with Gasteiger partial charge in [0.05, 0.1) is 34.5 Å². The average Bonchev–Trinajstić information content (AvgIpc) is 2.83. The summed E-state index contributed by atoms with van der Waals surface area (Å²) in [6.45, 7) is 1.45. The van der Waals surface area contributed by atoms with Crippen molar-refractivity contribution in [3.63, 3.8) is 0 Å². The molecular formula is C26H28ClNO5. The molecule has 3 aromatic carbocycles. The Kier molecular flexibility index (Phi) is 6.86. The molecule has 0 saturated heterocycles. The Morgan fingerprint density at radius 2 is 1.52 bits per heavy atom. The molecule has 0 spiro atoms. The van der Waals surface area contributed by atoms with Gasteiger partial charge in [0.2, 0.25) is 5.75 Å². The molecule has 0 saturated carbocycles. The van der Waals surface area contributed by atoms with Gasteiger partial charge in [0.25, 0.3) is 0 Å². The van der Waals surface area contributed by atoms with Gasteiger partial charge in [0, 0.05) is 18.1 Å². The highest BCUT2D eigenvalue weighted by Gasteiger charge is 2.31. The number of phenolic OH excluding ortho intramolecular Hbond substituents is 1. The van der Waals surface area contributed by atoms with Crippen LogP contribution in [0.3, 0.4) is 0 Å². The van der Waals surface area contributed by atoms with Crippen LogP contribution in [0.4, 0.5) is 0 Å². The van der Waals surface area contributed by atoms with Gasteiger partial charge in [-0.25, -0.2) is 0 Å². The molecule has 1 atom stereocenters. The highest BCUT2D eigenvalue weighted by Crippen LogP contribution is 2.43. The van der Waals surface area contributed by atoms with E-state index in [0.717, 1.165) is 35.4 Å². The fraction of sp³-hybridized carbons (Fsp3) is 0.308. The van der Waals surface area contributed by atoms with Crippen LogP contribution in [0, 0.1) is 0 Å². The summed E-state index contributed by atoms with van der Waals surface area (Å²) in [5.74, 6) is 2.18. The lowest BCUT2D eigenvalue weighted by Crippen LogP contribution is -2.35. The van der Waals surface area contributed by atoms with E-state index in [-0.39, 0.29) is 11.8 Å². The van der Waals surface area contributed by atoms with Crippen LogP contribution in [-0.2, 0) is 13.0 Å². The third-order valence-electron chi connectivity index (χ3n) is 6.06. The van der Waals surface area contributed by atoms with E-state index in [0.29, 0.717) is 28.8 Å². The number of nitrogens with zero attached hydrogens (tertiary/aromatic N) is 1. The molecule has 3 aromatic rings. The Morgan fingerprint density at radius 1 is 0.879 bits per heavy atom. The van der Waals surface area contributed by atoms with Gasteiger partial charge >= 0.3 is 0 Å². The van der Waals surface area contributed by atoms with E-state index < -0.39 is 0 Å². The zero-order chi connectivity index (χ0) is 23.5. The third-order valence-corrected chi connectivity index (χ3v) is 6.30. The quantitative estimate of drug-likeness (QED) is 0.511. The maximum atomic E-state index is 10.3. The molecule has 0 bridgehead atoms. The van der Waals surface area contributed by atoms with Crippen LogP contribution in [-0.4, -0.2) is 45.0 Å². The first-order valence-electron chi connectivity index (χ1n) is 10.7. The molecule has 1 aliphatic rings. The van der Waals surface area contributed by atoms with Crippen molar-refractivity contribution in [2.75, 3.05) is 35.0 Å². The normalized spacial score (nSPS) is 15.6. The summed E-state index contributed by atoms with van der Waals surface area (Å²) in [5.41, 5.74) is 4.43. The van der Waals surface area contributed by atoms with Crippen molar-refractivity contribution in [3.8, 4) is 28.7 Å². The summed E-state index contributed by atoms with van der Waals surface area (Å²) in [6, 6.07) is 15.7. The Balaban J connectivity index is 1.80. The zero-order valence-electron chi connectivity index (χ0n) is 19.2. The predicted octanol–water partition coefficient (Wildman–Crippen LogP) is 5.23. The second-order valence-corrected chi connectivity index (χ2v) is 8.37. The highest BCUT2D eigenvalue weighted by molar-refractivity contribution is 6.30. The third kappa shape index (κ3) is 4.54. The summed E-state index contributed by atoms with van der Waals surface area (Å²) >= 11 is 6.38. The SMILES string of the molecule is COc1cc2c(cc1OC)C(c1cccc(Cl)c1)N(Cc1cc(OC)c(O)c(OC)c1)CC2. The van der Waals surface area contributed by atoms with Gasteiger partial charge in [0.15, 0.2) is 23.0 Å². The molecule has 0 radical (unpaired) electrons. The van der Waals surface area contributed by atoms with Crippen LogP contribution in [0.1, 0.15) is 28.3 Å². The summed E-state index contributed by atoms with van der Waals surface area (Å²) in [7, 11) is 6.36. The number of aromatic hydroxyl groups is 1. The van der Waals surface area contributed by atoms with Crippen molar-refractivity contribution in [2.45, 2.75) is 19.0 Å². The average molecular weight is 470 g/mol. The Bertz CT molecular complexity index is 1120. The van der Waals surface area contributed by atoms with Gasteiger partial charge in [0.1, 0.15) is 0 Å².